The van der Waals surface area contributed by atoms with Crippen LogP contribution in [0, 0.1) is 0 Å². The van der Waals surface area contributed by atoms with Gasteiger partial charge < -0.3 is 14.8 Å². The minimum Gasteiger partial charge on any atom is -0.357 e. The molecule has 1 saturated heterocycles. The van der Waals surface area contributed by atoms with Crippen molar-refractivity contribution in [2.75, 3.05) is 31.9 Å². The van der Waals surface area contributed by atoms with E-state index in [2.05, 4.69) is 38.5 Å². The van der Waals surface area contributed by atoms with E-state index in [0.29, 0.717) is 4.75 Å². The minimum absolute atomic E-state index is 0.490. The molecule has 1 aromatic heterocycles. The van der Waals surface area contributed by atoms with E-state index in [4.69, 9.17) is 4.99 Å². The van der Waals surface area contributed by atoms with E-state index in [9.17, 15) is 0 Å². The summed E-state index contributed by atoms with van der Waals surface area (Å²) in [5, 5.41) is 3.52. The summed E-state index contributed by atoms with van der Waals surface area (Å²) >= 11 is 2.22. The van der Waals surface area contributed by atoms with Gasteiger partial charge in [-0.1, -0.05) is 19.3 Å². The fourth-order valence-electron chi connectivity index (χ4n) is 3.81. The van der Waals surface area contributed by atoms with Gasteiger partial charge in [-0.25, -0.2) is 4.98 Å². The quantitative estimate of drug-likeness (QED) is 0.504. The highest BCUT2D eigenvalue weighted by molar-refractivity contribution is 8.00. The molecule has 2 heterocycles. The molecule has 1 spiro atoms. The van der Waals surface area contributed by atoms with Crippen LogP contribution >= 0.6 is 11.8 Å². The maximum Gasteiger partial charge on any atom is 0.193 e. The average Bonchev–Trinajstić information content (AvgIpc) is 3.12. The molecule has 0 unspecified atom stereocenters. The first-order chi connectivity index (χ1) is 11.8. The third-order valence-electron chi connectivity index (χ3n) is 5.04. The highest BCUT2D eigenvalue weighted by atomic mass is 32.2. The molecule has 134 valence electrons. The Labute approximate surface area is 150 Å². The number of hydrogen-bond donors (Lipinski definition) is 1. The third kappa shape index (κ3) is 4.68. The SMILES string of the molecule is CCNC(=NCCCn1ccnc1)N1CCSC2(CCCCC2)C1. The van der Waals surface area contributed by atoms with E-state index in [1.807, 2.05) is 18.7 Å². The van der Waals surface area contributed by atoms with Crippen LogP contribution in [0.15, 0.2) is 23.7 Å². The van der Waals surface area contributed by atoms with Crippen LogP contribution in [0.5, 0.6) is 0 Å². The summed E-state index contributed by atoms with van der Waals surface area (Å²) in [4.78, 5) is 11.5. The van der Waals surface area contributed by atoms with E-state index in [-0.39, 0.29) is 0 Å². The molecular weight excluding hydrogens is 318 g/mol. The van der Waals surface area contributed by atoms with Crippen molar-refractivity contribution in [1.82, 2.24) is 19.8 Å². The number of imidazole rings is 1. The zero-order valence-corrected chi connectivity index (χ0v) is 15.7. The lowest BCUT2D eigenvalue weighted by Gasteiger charge is -2.45. The van der Waals surface area contributed by atoms with Gasteiger partial charge >= 0.3 is 0 Å². The van der Waals surface area contributed by atoms with Gasteiger partial charge in [0, 0.05) is 55.6 Å². The molecule has 6 heteroatoms. The van der Waals surface area contributed by atoms with Gasteiger partial charge in [-0.15, -0.1) is 0 Å². The second-order valence-corrected chi connectivity index (χ2v) is 8.47. The zero-order valence-electron chi connectivity index (χ0n) is 14.9. The summed E-state index contributed by atoms with van der Waals surface area (Å²) in [5.41, 5.74) is 0. The molecule has 1 aromatic rings. The first-order valence-corrected chi connectivity index (χ1v) is 10.4. The molecule has 0 aromatic carbocycles. The number of guanidine groups is 1. The van der Waals surface area contributed by atoms with Crippen LogP contribution < -0.4 is 5.32 Å². The number of hydrogen-bond acceptors (Lipinski definition) is 3. The Morgan fingerprint density at radius 3 is 2.96 bits per heavy atom. The van der Waals surface area contributed by atoms with Gasteiger partial charge in [-0.2, -0.15) is 11.8 Å². The molecule has 5 nitrogen and oxygen atoms in total. The standard InChI is InChI=1S/C18H31N5S/c1-2-20-17(21-9-6-11-22-12-10-19-16-22)23-13-14-24-18(15-23)7-4-3-5-8-18/h10,12,16H,2-9,11,13-15H2,1H3,(H,20,21). The van der Waals surface area contributed by atoms with Gasteiger partial charge in [0.05, 0.1) is 6.33 Å². The Morgan fingerprint density at radius 2 is 2.21 bits per heavy atom. The van der Waals surface area contributed by atoms with Crippen LogP contribution in [0.25, 0.3) is 0 Å². The Hall–Kier alpha value is -1.17. The van der Waals surface area contributed by atoms with Crippen molar-refractivity contribution in [3.8, 4) is 0 Å². The molecule has 1 aliphatic heterocycles. The van der Waals surface area contributed by atoms with E-state index in [0.717, 1.165) is 38.6 Å². The van der Waals surface area contributed by atoms with Gasteiger partial charge in [0.1, 0.15) is 0 Å². The molecular formula is C18H31N5S. The Morgan fingerprint density at radius 1 is 1.33 bits per heavy atom. The predicted octanol–water partition coefficient (Wildman–Crippen LogP) is 2.99. The number of nitrogens with one attached hydrogen (secondary N) is 1. The van der Waals surface area contributed by atoms with Crippen LogP contribution in [0.2, 0.25) is 0 Å². The monoisotopic (exact) mass is 349 g/mol. The lowest BCUT2D eigenvalue weighted by atomic mass is 9.87. The molecule has 2 aliphatic rings. The molecule has 0 amide bonds. The van der Waals surface area contributed by atoms with Gasteiger partial charge in [0.2, 0.25) is 0 Å². The molecule has 2 fully saturated rings. The van der Waals surface area contributed by atoms with Gasteiger partial charge in [-0.3, -0.25) is 4.99 Å². The normalized spacial score (nSPS) is 21.2. The van der Waals surface area contributed by atoms with Crippen molar-refractivity contribution >= 4 is 17.7 Å². The number of thioether (sulfide) groups is 1. The minimum atomic E-state index is 0.490. The molecule has 1 saturated carbocycles. The van der Waals surface area contributed by atoms with E-state index in [1.165, 1.54) is 44.4 Å². The molecule has 3 rings (SSSR count). The Balaban J connectivity index is 1.55. The van der Waals surface area contributed by atoms with Crippen molar-refractivity contribution in [3.63, 3.8) is 0 Å². The molecule has 24 heavy (non-hydrogen) atoms. The van der Waals surface area contributed by atoms with Gasteiger partial charge in [0.25, 0.3) is 0 Å². The summed E-state index contributed by atoms with van der Waals surface area (Å²) < 4.78 is 2.61. The predicted molar refractivity (Wildman–Crippen MR) is 103 cm³/mol. The summed E-state index contributed by atoms with van der Waals surface area (Å²) in [5.74, 6) is 2.35. The number of aryl methyl sites for hydroxylation is 1. The highest BCUT2D eigenvalue weighted by Gasteiger charge is 2.38. The third-order valence-corrected chi connectivity index (χ3v) is 6.58. The first kappa shape index (κ1) is 17.6. The Kier molecular flexibility index (Phi) is 6.46. The van der Waals surface area contributed by atoms with Crippen LogP contribution in [0.4, 0.5) is 0 Å². The fourth-order valence-corrected chi connectivity index (χ4v) is 5.38. The zero-order chi connectivity index (χ0) is 16.7. The van der Waals surface area contributed by atoms with E-state index < -0.39 is 0 Å². The largest absolute Gasteiger partial charge is 0.357 e. The van der Waals surface area contributed by atoms with E-state index in [1.54, 1.807) is 0 Å². The second kappa shape index (κ2) is 8.79. The highest BCUT2D eigenvalue weighted by Crippen LogP contribution is 2.42. The average molecular weight is 350 g/mol. The lowest BCUT2D eigenvalue weighted by molar-refractivity contribution is 0.293. The molecule has 1 N–H and O–H groups in total. The number of nitrogens with zero attached hydrogens (tertiary/aromatic N) is 4. The lowest BCUT2D eigenvalue weighted by Crippen LogP contribution is -2.53. The van der Waals surface area contributed by atoms with E-state index >= 15 is 0 Å². The maximum atomic E-state index is 4.90. The number of aromatic nitrogens is 2. The molecule has 1 aliphatic carbocycles. The number of aliphatic imine (C=N–C) groups is 1. The molecule has 0 atom stereocenters. The molecule has 0 radical (unpaired) electrons. The van der Waals surface area contributed by atoms with Crippen LogP contribution in [0.1, 0.15) is 45.4 Å². The maximum absolute atomic E-state index is 4.90. The van der Waals surface area contributed by atoms with Crippen LogP contribution in [0.3, 0.4) is 0 Å². The summed E-state index contributed by atoms with van der Waals surface area (Å²) in [7, 11) is 0. The second-order valence-electron chi connectivity index (χ2n) is 6.90. The Bertz CT molecular complexity index is 502. The van der Waals surface area contributed by atoms with Gasteiger partial charge in [0.15, 0.2) is 5.96 Å². The smallest absolute Gasteiger partial charge is 0.193 e. The summed E-state index contributed by atoms with van der Waals surface area (Å²) in [6.45, 7) is 7.26. The fraction of sp³-hybridized carbons (Fsp3) is 0.778. The van der Waals surface area contributed by atoms with Crippen molar-refractivity contribution in [3.05, 3.63) is 18.7 Å². The van der Waals surface area contributed by atoms with Crippen LogP contribution in [-0.4, -0.2) is 57.1 Å². The van der Waals surface area contributed by atoms with Crippen molar-refractivity contribution < 1.29 is 0 Å². The van der Waals surface area contributed by atoms with Crippen molar-refractivity contribution in [1.29, 1.82) is 0 Å². The van der Waals surface area contributed by atoms with Crippen molar-refractivity contribution in [2.45, 2.75) is 56.7 Å². The van der Waals surface area contributed by atoms with Crippen LogP contribution in [-0.2, 0) is 6.54 Å². The first-order valence-electron chi connectivity index (χ1n) is 9.44. The topological polar surface area (TPSA) is 45.5 Å². The summed E-state index contributed by atoms with van der Waals surface area (Å²) in [6.07, 6.45) is 13.8. The molecule has 0 bridgehead atoms. The summed E-state index contributed by atoms with van der Waals surface area (Å²) in [6, 6.07) is 0. The number of rotatable bonds is 5. The van der Waals surface area contributed by atoms with Gasteiger partial charge in [-0.05, 0) is 26.2 Å². The van der Waals surface area contributed by atoms with Crippen molar-refractivity contribution in [2.24, 2.45) is 4.99 Å².